The van der Waals surface area contributed by atoms with Crippen LogP contribution in [-0.2, 0) is 25.2 Å². The van der Waals surface area contributed by atoms with Crippen molar-refractivity contribution in [2.75, 3.05) is 19.6 Å². The van der Waals surface area contributed by atoms with Crippen molar-refractivity contribution in [1.82, 2.24) is 19.7 Å². The Balaban J connectivity index is 1.12. The van der Waals surface area contributed by atoms with Crippen molar-refractivity contribution in [1.29, 1.82) is 0 Å². The van der Waals surface area contributed by atoms with Gasteiger partial charge in [-0.1, -0.05) is 24.6 Å². The number of amides is 2. The highest BCUT2D eigenvalue weighted by Gasteiger charge is 2.55. The molecule has 2 heterocycles. The van der Waals surface area contributed by atoms with Crippen LogP contribution in [0.1, 0.15) is 95.1 Å². The standard InChI is InChI=1S/C36H47F2N5O5S/c1-34(2,32(44)42-49(46,47)43-18-24(39)19-43)23-10-13-30(28(16-23)27-8-4-9-29(37)31(27)22-6-3-7-22)48-26-12-11-25(17-26)41-33(45)36(38)20-35(40-21-36)14-5-15-35/h4,8-10,13,16,22,24-26,40H,3,5-7,11-12,14-15,17-21,39H2,1-2H3,(H,41,45)(H,42,44)/t25-,26-,36-/m1/s1. The van der Waals surface area contributed by atoms with E-state index in [-0.39, 0.29) is 61.5 Å². The molecule has 0 bridgehead atoms. The van der Waals surface area contributed by atoms with Crippen LogP contribution in [0.5, 0.6) is 5.75 Å². The van der Waals surface area contributed by atoms with Crippen molar-refractivity contribution in [3.63, 3.8) is 0 Å². The molecule has 2 aromatic carbocycles. The number of nitrogens with zero attached hydrogens (tertiary/aromatic N) is 1. The number of ether oxygens (including phenoxy) is 1. The summed E-state index contributed by atoms with van der Waals surface area (Å²) in [5, 5.41) is 6.20. The number of halogens is 2. The topological polar surface area (TPSA) is 143 Å². The van der Waals surface area contributed by atoms with E-state index in [1.54, 1.807) is 38.1 Å². The molecular weight excluding hydrogens is 652 g/mol. The van der Waals surface area contributed by atoms with Crippen molar-refractivity contribution in [3.05, 3.63) is 53.3 Å². The highest BCUT2D eigenvalue weighted by atomic mass is 32.2. The van der Waals surface area contributed by atoms with Crippen LogP contribution in [0.25, 0.3) is 11.1 Å². The van der Waals surface area contributed by atoms with Gasteiger partial charge in [-0.05, 0) is 99.6 Å². The molecule has 2 saturated heterocycles. The van der Waals surface area contributed by atoms with Crippen LogP contribution >= 0.6 is 0 Å². The van der Waals surface area contributed by atoms with Crippen molar-refractivity contribution in [2.45, 2.75) is 119 Å². The molecule has 5 aliphatic rings. The number of carbonyl (C=O) groups is 2. The molecule has 1 spiro atoms. The number of nitrogens with two attached hydrogens (primary N) is 1. The summed E-state index contributed by atoms with van der Waals surface area (Å²) in [7, 11) is -4.06. The van der Waals surface area contributed by atoms with Gasteiger partial charge in [-0.2, -0.15) is 12.7 Å². The Morgan fingerprint density at radius 3 is 2.45 bits per heavy atom. The van der Waals surface area contributed by atoms with E-state index in [4.69, 9.17) is 10.5 Å². The van der Waals surface area contributed by atoms with Gasteiger partial charge in [0, 0.05) is 55.7 Å². The molecule has 10 nitrogen and oxygen atoms in total. The second-order valence-corrected chi connectivity index (χ2v) is 17.2. The molecule has 3 atom stereocenters. The Morgan fingerprint density at radius 1 is 1.06 bits per heavy atom. The summed E-state index contributed by atoms with van der Waals surface area (Å²) in [6, 6.07) is 9.75. The number of rotatable bonds is 10. The lowest BCUT2D eigenvalue weighted by Crippen LogP contribution is -2.61. The molecule has 3 aliphatic carbocycles. The molecule has 5 N–H and O–H groups in total. The Bertz CT molecular complexity index is 1740. The van der Waals surface area contributed by atoms with Gasteiger partial charge in [0.2, 0.25) is 11.6 Å². The van der Waals surface area contributed by atoms with Crippen LogP contribution in [0.2, 0.25) is 0 Å². The van der Waals surface area contributed by atoms with E-state index in [0.717, 1.165) is 42.8 Å². The summed E-state index contributed by atoms with van der Waals surface area (Å²) in [5.41, 5.74) is 4.73. The quantitative estimate of drug-likeness (QED) is 0.293. The first-order chi connectivity index (χ1) is 23.2. The van der Waals surface area contributed by atoms with Gasteiger partial charge >= 0.3 is 10.2 Å². The van der Waals surface area contributed by atoms with Gasteiger partial charge in [0.15, 0.2) is 0 Å². The van der Waals surface area contributed by atoms with E-state index < -0.39 is 33.1 Å². The summed E-state index contributed by atoms with van der Waals surface area (Å²) in [6.07, 6.45) is 7.28. The third kappa shape index (κ3) is 6.47. The van der Waals surface area contributed by atoms with Crippen LogP contribution in [0, 0.1) is 5.82 Å². The molecule has 266 valence electrons. The lowest BCUT2D eigenvalue weighted by Gasteiger charge is -2.38. The minimum atomic E-state index is -4.06. The van der Waals surface area contributed by atoms with E-state index >= 15 is 8.78 Å². The van der Waals surface area contributed by atoms with Crippen LogP contribution < -0.4 is 25.8 Å². The summed E-state index contributed by atoms with van der Waals surface area (Å²) in [6.45, 7) is 3.60. The maximum absolute atomic E-state index is 15.7. The Hall–Kier alpha value is -3.13. The first-order valence-corrected chi connectivity index (χ1v) is 19.0. The van der Waals surface area contributed by atoms with E-state index in [9.17, 15) is 18.0 Å². The van der Waals surface area contributed by atoms with Gasteiger partial charge in [-0.15, -0.1) is 0 Å². The first-order valence-electron chi connectivity index (χ1n) is 17.6. The molecule has 0 aromatic heterocycles. The fourth-order valence-electron chi connectivity index (χ4n) is 8.00. The average molecular weight is 700 g/mol. The number of benzene rings is 2. The van der Waals surface area contributed by atoms with Gasteiger partial charge in [0.05, 0.1) is 5.41 Å². The number of carbonyl (C=O) groups excluding carboxylic acids is 2. The van der Waals surface area contributed by atoms with Gasteiger partial charge in [0.25, 0.3) is 5.91 Å². The minimum absolute atomic E-state index is 0.0326. The van der Waals surface area contributed by atoms with E-state index in [1.807, 2.05) is 6.07 Å². The molecule has 2 aromatic rings. The first kappa shape index (κ1) is 34.3. The highest BCUT2D eigenvalue weighted by Crippen LogP contribution is 2.47. The SMILES string of the molecule is CC(C)(C(=O)NS(=O)(=O)N1CC(N)C1)c1ccc(O[C@@H]2CC[C@@H](NC(=O)[C@]3(F)CNC4(CCC4)C3)C2)c(-c2cccc(F)c2C2CCC2)c1. The summed E-state index contributed by atoms with van der Waals surface area (Å²) in [4.78, 5) is 26.6. The minimum Gasteiger partial charge on any atom is -0.490 e. The third-order valence-electron chi connectivity index (χ3n) is 11.7. The van der Waals surface area contributed by atoms with E-state index in [2.05, 4.69) is 15.4 Å². The number of hydrogen-bond acceptors (Lipinski definition) is 7. The fraction of sp³-hybridized carbons (Fsp3) is 0.611. The van der Waals surface area contributed by atoms with E-state index in [0.29, 0.717) is 47.3 Å². The van der Waals surface area contributed by atoms with Crippen LogP contribution in [0.4, 0.5) is 8.78 Å². The summed E-state index contributed by atoms with van der Waals surface area (Å²) < 4.78 is 66.8. The Kier molecular flexibility index (Phi) is 8.81. The molecule has 2 amide bonds. The lowest BCUT2D eigenvalue weighted by molar-refractivity contribution is -0.133. The van der Waals surface area contributed by atoms with Crippen LogP contribution in [0.3, 0.4) is 0 Å². The van der Waals surface area contributed by atoms with Crippen molar-refractivity contribution in [3.8, 4) is 16.9 Å². The smallest absolute Gasteiger partial charge is 0.303 e. The summed E-state index contributed by atoms with van der Waals surface area (Å²) >= 11 is 0. The maximum atomic E-state index is 15.7. The van der Waals surface area contributed by atoms with Crippen LogP contribution in [0.15, 0.2) is 36.4 Å². The predicted octanol–water partition coefficient (Wildman–Crippen LogP) is 4.08. The Morgan fingerprint density at radius 2 is 1.82 bits per heavy atom. The molecule has 5 fully saturated rings. The largest absolute Gasteiger partial charge is 0.490 e. The number of hydrogen-bond donors (Lipinski definition) is 4. The molecule has 2 aliphatic heterocycles. The zero-order chi connectivity index (χ0) is 34.8. The molecular formula is C36H47F2N5O5S. The second kappa shape index (κ2) is 12.6. The normalized spacial score (nSPS) is 27.3. The molecule has 13 heteroatoms. The zero-order valence-electron chi connectivity index (χ0n) is 28.2. The fourth-order valence-corrected chi connectivity index (χ4v) is 9.40. The van der Waals surface area contributed by atoms with E-state index in [1.165, 1.54) is 6.07 Å². The Labute approximate surface area is 287 Å². The second-order valence-electron chi connectivity index (χ2n) is 15.5. The molecule has 3 saturated carbocycles. The monoisotopic (exact) mass is 699 g/mol. The number of nitrogens with one attached hydrogen (secondary N) is 3. The predicted molar refractivity (Wildman–Crippen MR) is 181 cm³/mol. The summed E-state index contributed by atoms with van der Waals surface area (Å²) in [5.74, 6) is -1.02. The lowest BCUT2D eigenvalue weighted by atomic mass is 9.74. The molecule has 0 radical (unpaired) electrons. The van der Waals surface area contributed by atoms with Crippen molar-refractivity contribution in [2.24, 2.45) is 5.73 Å². The van der Waals surface area contributed by atoms with Crippen LogP contribution in [-0.4, -0.2) is 73.6 Å². The zero-order valence-corrected chi connectivity index (χ0v) is 29.0. The van der Waals surface area contributed by atoms with Gasteiger partial charge in [-0.3, -0.25) is 9.59 Å². The highest BCUT2D eigenvalue weighted by molar-refractivity contribution is 7.87. The van der Waals surface area contributed by atoms with Crippen molar-refractivity contribution < 1.29 is 31.5 Å². The average Bonchev–Trinajstić information content (AvgIpc) is 3.60. The van der Waals surface area contributed by atoms with Gasteiger partial charge < -0.3 is 21.1 Å². The maximum Gasteiger partial charge on any atom is 0.303 e. The van der Waals surface area contributed by atoms with Crippen molar-refractivity contribution >= 4 is 22.0 Å². The molecule has 0 unspecified atom stereocenters. The molecule has 7 rings (SSSR count). The third-order valence-corrected chi connectivity index (χ3v) is 13.1. The van der Waals surface area contributed by atoms with Gasteiger partial charge in [0.1, 0.15) is 17.7 Å². The molecule has 49 heavy (non-hydrogen) atoms. The van der Waals surface area contributed by atoms with Gasteiger partial charge in [-0.25, -0.2) is 13.5 Å². The number of alkyl halides is 1.